The Morgan fingerprint density at radius 2 is 1.64 bits per heavy atom. The number of sulfone groups is 1. The molecule has 3 N–H and O–H groups in total. The third-order valence-electron chi connectivity index (χ3n) is 5.89. The number of hydrogen-bond donors (Lipinski definition) is 3. The van der Waals surface area contributed by atoms with Crippen molar-refractivity contribution in [3.8, 4) is 0 Å². The first-order valence-electron chi connectivity index (χ1n) is 11.2. The van der Waals surface area contributed by atoms with Crippen LogP contribution in [0.3, 0.4) is 0 Å². The molecule has 172 valence electrons. The lowest BCUT2D eigenvalue weighted by Crippen LogP contribution is -2.31. The maximum atomic E-state index is 13.0. The van der Waals surface area contributed by atoms with Crippen molar-refractivity contribution >= 4 is 21.6 Å². The van der Waals surface area contributed by atoms with Crippen molar-refractivity contribution in [2.75, 3.05) is 18.4 Å². The van der Waals surface area contributed by atoms with Crippen molar-refractivity contribution in [2.45, 2.75) is 36.5 Å². The lowest BCUT2D eigenvalue weighted by Gasteiger charge is -2.15. The number of amides is 2. The molecule has 6 nitrogen and oxygen atoms in total. The summed E-state index contributed by atoms with van der Waals surface area (Å²) in [6, 6.07) is 21.5. The van der Waals surface area contributed by atoms with Gasteiger partial charge in [-0.25, -0.2) is 13.2 Å². The minimum atomic E-state index is -3.49. The molecular weight excluding hydrogens is 434 g/mol. The summed E-state index contributed by atoms with van der Waals surface area (Å²) in [5.74, 6) is -0.0461. The third kappa shape index (κ3) is 6.00. The van der Waals surface area contributed by atoms with Gasteiger partial charge in [0.2, 0.25) is 0 Å². The summed E-state index contributed by atoms with van der Waals surface area (Å²) in [7, 11) is -3.49. The van der Waals surface area contributed by atoms with Crippen LogP contribution in [0, 0.1) is 0 Å². The highest BCUT2D eigenvalue weighted by Gasteiger charge is 2.17. The van der Waals surface area contributed by atoms with Gasteiger partial charge in [0.25, 0.3) is 0 Å². The molecule has 4 rings (SSSR count). The molecule has 3 aromatic rings. The van der Waals surface area contributed by atoms with Crippen LogP contribution in [0.25, 0.3) is 0 Å². The molecule has 0 aliphatic carbocycles. The topological polar surface area (TPSA) is 87.3 Å². The molecule has 1 heterocycles. The highest BCUT2D eigenvalue weighted by molar-refractivity contribution is 7.90. The zero-order valence-corrected chi connectivity index (χ0v) is 19.5. The van der Waals surface area contributed by atoms with Crippen LogP contribution in [0.5, 0.6) is 0 Å². The standard InChI is InChI=1S/C26H29N3O3S/c1-19(21-5-3-2-4-6-21)28-26(30)29-24-9-11-25(12-10-24)33(31,32)18-20-7-8-22-13-15-27-16-14-23(22)17-20/h2-12,17,19,27H,13-16,18H2,1H3,(H2,28,29,30)/t19-/m0/s1. The second kappa shape index (κ2) is 10.2. The largest absolute Gasteiger partial charge is 0.331 e. The minimum absolute atomic E-state index is 0.0461. The molecule has 2 amide bonds. The number of carbonyl (C=O) groups excluding carboxylic acids is 1. The van der Waals surface area contributed by atoms with Gasteiger partial charge in [0, 0.05) is 5.69 Å². The fourth-order valence-corrected chi connectivity index (χ4v) is 5.39. The van der Waals surface area contributed by atoms with Gasteiger partial charge in [-0.15, -0.1) is 0 Å². The van der Waals surface area contributed by atoms with Gasteiger partial charge < -0.3 is 16.0 Å². The lowest BCUT2D eigenvalue weighted by atomic mass is 10.0. The van der Waals surface area contributed by atoms with E-state index >= 15 is 0 Å². The molecule has 0 unspecified atom stereocenters. The number of fused-ring (bicyclic) bond motifs is 1. The van der Waals surface area contributed by atoms with E-state index in [1.807, 2.05) is 49.4 Å². The number of anilines is 1. The van der Waals surface area contributed by atoms with E-state index in [4.69, 9.17) is 0 Å². The smallest absolute Gasteiger partial charge is 0.319 e. The summed E-state index contributed by atoms with van der Waals surface area (Å²) in [5, 5.41) is 9.01. The molecule has 33 heavy (non-hydrogen) atoms. The summed E-state index contributed by atoms with van der Waals surface area (Å²) >= 11 is 0. The summed E-state index contributed by atoms with van der Waals surface area (Å²) in [5.41, 5.74) is 4.85. The Hall–Kier alpha value is -3.16. The number of rotatable bonds is 6. The number of benzene rings is 3. The fraction of sp³-hybridized carbons (Fsp3) is 0.269. The van der Waals surface area contributed by atoms with E-state index in [1.54, 1.807) is 24.3 Å². The summed E-state index contributed by atoms with van der Waals surface area (Å²) in [6.07, 6.45) is 1.88. The quantitative estimate of drug-likeness (QED) is 0.511. The van der Waals surface area contributed by atoms with Crippen molar-refractivity contribution in [1.29, 1.82) is 0 Å². The lowest BCUT2D eigenvalue weighted by molar-refractivity contribution is 0.249. The van der Waals surface area contributed by atoms with E-state index < -0.39 is 9.84 Å². The number of carbonyl (C=O) groups is 1. The Morgan fingerprint density at radius 3 is 2.36 bits per heavy atom. The second-order valence-electron chi connectivity index (χ2n) is 8.37. The molecule has 0 aromatic heterocycles. The van der Waals surface area contributed by atoms with Crippen LogP contribution in [-0.4, -0.2) is 27.5 Å². The average molecular weight is 464 g/mol. The zero-order valence-electron chi connectivity index (χ0n) is 18.7. The first kappa shape index (κ1) is 23.0. The molecule has 0 fully saturated rings. The van der Waals surface area contributed by atoms with Crippen molar-refractivity contribution in [2.24, 2.45) is 0 Å². The van der Waals surface area contributed by atoms with Gasteiger partial charge in [0.05, 0.1) is 16.7 Å². The van der Waals surface area contributed by atoms with Crippen LogP contribution in [0.1, 0.15) is 35.2 Å². The van der Waals surface area contributed by atoms with E-state index in [-0.39, 0.29) is 22.7 Å². The van der Waals surface area contributed by atoms with Crippen molar-refractivity contribution in [1.82, 2.24) is 10.6 Å². The van der Waals surface area contributed by atoms with Crippen molar-refractivity contribution in [3.63, 3.8) is 0 Å². The van der Waals surface area contributed by atoms with E-state index in [2.05, 4.69) is 22.0 Å². The van der Waals surface area contributed by atoms with Gasteiger partial charge in [-0.3, -0.25) is 0 Å². The first-order chi connectivity index (χ1) is 15.9. The Morgan fingerprint density at radius 1 is 0.939 bits per heavy atom. The number of urea groups is 1. The molecule has 1 aliphatic rings. The molecule has 0 bridgehead atoms. The van der Waals surface area contributed by atoms with Crippen molar-refractivity contribution < 1.29 is 13.2 Å². The average Bonchev–Trinajstić information content (AvgIpc) is 3.05. The summed E-state index contributed by atoms with van der Waals surface area (Å²) in [4.78, 5) is 12.6. The summed E-state index contributed by atoms with van der Waals surface area (Å²) in [6.45, 7) is 3.77. The molecule has 0 saturated carbocycles. The SMILES string of the molecule is C[C@H](NC(=O)Nc1ccc(S(=O)(=O)Cc2ccc3c(c2)CCNCC3)cc1)c1ccccc1. The Kier molecular flexibility index (Phi) is 7.11. The molecule has 7 heteroatoms. The van der Waals surface area contributed by atoms with E-state index in [1.165, 1.54) is 11.1 Å². The molecular formula is C26H29N3O3S. The van der Waals surface area contributed by atoms with Crippen LogP contribution in [0.2, 0.25) is 0 Å². The van der Waals surface area contributed by atoms with Crippen LogP contribution in [-0.2, 0) is 28.4 Å². The first-order valence-corrected chi connectivity index (χ1v) is 12.8. The molecule has 0 spiro atoms. The van der Waals surface area contributed by atoms with Gasteiger partial charge in [-0.2, -0.15) is 0 Å². The van der Waals surface area contributed by atoms with Gasteiger partial charge >= 0.3 is 6.03 Å². The Bertz CT molecular complexity index is 1210. The highest BCUT2D eigenvalue weighted by atomic mass is 32.2. The fourth-order valence-electron chi connectivity index (χ4n) is 4.05. The Labute approximate surface area is 195 Å². The second-order valence-corrected chi connectivity index (χ2v) is 10.4. The maximum Gasteiger partial charge on any atom is 0.319 e. The highest BCUT2D eigenvalue weighted by Crippen LogP contribution is 2.22. The van der Waals surface area contributed by atoms with Crippen LogP contribution >= 0.6 is 0 Å². The van der Waals surface area contributed by atoms with Crippen LogP contribution in [0.4, 0.5) is 10.5 Å². The Balaban J connectivity index is 1.39. The van der Waals surface area contributed by atoms with Crippen LogP contribution < -0.4 is 16.0 Å². The van der Waals surface area contributed by atoms with E-state index in [0.29, 0.717) is 5.69 Å². The van der Waals surface area contributed by atoms with Gasteiger partial charge in [-0.1, -0.05) is 48.5 Å². The molecule has 3 aromatic carbocycles. The van der Waals surface area contributed by atoms with Gasteiger partial charge in [0.1, 0.15) is 0 Å². The molecule has 0 radical (unpaired) electrons. The zero-order chi connectivity index (χ0) is 23.3. The predicted molar refractivity (Wildman–Crippen MR) is 131 cm³/mol. The van der Waals surface area contributed by atoms with E-state index in [9.17, 15) is 13.2 Å². The normalized spacial score (nSPS) is 14.6. The summed E-state index contributed by atoms with van der Waals surface area (Å²) < 4.78 is 25.9. The van der Waals surface area contributed by atoms with Gasteiger partial charge in [-0.05, 0) is 79.4 Å². The van der Waals surface area contributed by atoms with Gasteiger partial charge in [0.15, 0.2) is 9.84 Å². The van der Waals surface area contributed by atoms with Crippen LogP contribution in [0.15, 0.2) is 77.7 Å². The third-order valence-corrected chi connectivity index (χ3v) is 7.59. The maximum absolute atomic E-state index is 13.0. The minimum Gasteiger partial charge on any atom is -0.331 e. The van der Waals surface area contributed by atoms with E-state index in [0.717, 1.165) is 37.1 Å². The predicted octanol–water partition coefficient (Wildman–Crippen LogP) is 4.23. The monoisotopic (exact) mass is 463 g/mol. The number of hydrogen-bond acceptors (Lipinski definition) is 4. The number of nitrogens with one attached hydrogen (secondary N) is 3. The molecule has 1 atom stereocenters. The van der Waals surface area contributed by atoms with Crippen molar-refractivity contribution in [3.05, 3.63) is 95.1 Å². The molecule has 1 aliphatic heterocycles. The molecule has 0 saturated heterocycles.